The first-order chi connectivity index (χ1) is 10.0. The lowest BCUT2D eigenvalue weighted by molar-refractivity contribution is -0.128. The van der Waals surface area contributed by atoms with Crippen molar-refractivity contribution in [1.82, 2.24) is 4.90 Å². The van der Waals surface area contributed by atoms with Crippen LogP contribution in [0.2, 0.25) is 0 Å². The lowest BCUT2D eigenvalue weighted by Gasteiger charge is -2.23. The number of aromatic carboxylic acids is 1. The topological polar surface area (TPSA) is 84.6 Å². The molecule has 0 unspecified atom stereocenters. The van der Waals surface area contributed by atoms with Crippen molar-refractivity contribution < 1.29 is 14.7 Å². The number of carboxylic acids is 1. The van der Waals surface area contributed by atoms with Crippen molar-refractivity contribution in [3.8, 4) is 6.07 Å². The Morgan fingerprint density at radius 3 is 2.90 bits per heavy atom. The standard InChI is InChI=1S/C15H17N3O3/c1-17(7-2-6-16)14(19)10-18-8-5-11-3-4-12(15(20)21)9-13(11)18/h3-4,9H,2,5,7-8,10H2,1H3,(H,20,21). The molecular formula is C15H17N3O3. The highest BCUT2D eigenvalue weighted by atomic mass is 16.4. The predicted octanol–water partition coefficient (Wildman–Crippen LogP) is 1.12. The third kappa shape index (κ3) is 3.31. The van der Waals surface area contributed by atoms with E-state index in [1.165, 1.54) is 4.90 Å². The molecule has 1 aliphatic heterocycles. The molecule has 1 aromatic rings. The number of fused-ring (bicyclic) bond motifs is 1. The van der Waals surface area contributed by atoms with E-state index in [0.717, 1.165) is 17.7 Å². The van der Waals surface area contributed by atoms with Gasteiger partial charge in [-0.25, -0.2) is 4.79 Å². The number of hydrogen-bond donors (Lipinski definition) is 1. The molecule has 0 aromatic heterocycles. The van der Waals surface area contributed by atoms with Gasteiger partial charge in [0.25, 0.3) is 0 Å². The number of nitrogens with zero attached hydrogens (tertiary/aromatic N) is 3. The number of anilines is 1. The van der Waals surface area contributed by atoms with Gasteiger partial charge >= 0.3 is 5.97 Å². The number of carbonyl (C=O) groups excluding carboxylic acids is 1. The second kappa shape index (κ2) is 6.27. The van der Waals surface area contributed by atoms with E-state index < -0.39 is 5.97 Å². The van der Waals surface area contributed by atoms with Crippen LogP contribution in [-0.4, -0.2) is 48.6 Å². The summed E-state index contributed by atoms with van der Waals surface area (Å²) in [5.74, 6) is -1.04. The molecule has 1 aromatic carbocycles. The number of nitriles is 1. The zero-order chi connectivity index (χ0) is 15.4. The molecule has 1 amide bonds. The van der Waals surface area contributed by atoms with Crippen molar-refractivity contribution in [2.45, 2.75) is 12.8 Å². The monoisotopic (exact) mass is 287 g/mol. The van der Waals surface area contributed by atoms with Gasteiger partial charge in [-0.15, -0.1) is 0 Å². The molecule has 0 saturated heterocycles. The van der Waals surface area contributed by atoms with Crippen LogP contribution < -0.4 is 4.90 Å². The van der Waals surface area contributed by atoms with Crippen LogP contribution in [0, 0.1) is 11.3 Å². The van der Waals surface area contributed by atoms with Crippen molar-refractivity contribution in [3.63, 3.8) is 0 Å². The molecule has 110 valence electrons. The third-order valence-electron chi connectivity index (χ3n) is 3.63. The van der Waals surface area contributed by atoms with E-state index in [2.05, 4.69) is 0 Å². The van der Waals surface area contributed by atoms with Gasteiger partial charge in [0.15, 0.2) is 0 Å². The minimum atomic E-state index is -0.970. The fourth-order valence-corrected chi connectivity index (χ4v) is 2.37. The van der Waals surface area contributed by atoms with E-state index in [4.69, 9.17) is 10.4 Å². The third-order valence-corrected chi connectivity index (χ3v) is 3.63. The molecule has 1 aliphatic rings. The van der Waals surface area contributed by atoms with E-state index in [1.807, 2.05) is 17.0 Å². The smallest absolute Gasteiger partial charge is 0.335 e. The summed E-state index contributed by atoms with van der Waals surface area (Å²) in [7, 11) is 1.67. The number of rotatable bonds is 5. The van der Waals surface area contributed by atoms with Gasteiger partial charge < -0.3 is 14.9 Å². The van der Waals surface area contributed by atoms with Crippen molar-refractivity contribution in [3.05, 3.63) is 29.3 Å². The lowest BCUT2D eigenvalue weighted by Crippen LogP contribution is -2.38. The molecule has 0 fully saturated rings. The fraction of sp³-hybridized carbons (Fsp3) is 0.400. The number of amides is 1. The predicted molar refractivity (Wildman–Crippen MR) is 77.2 cm³/mol. The van der Waals surface area contributed by atoms with E-state index in [9.17, 15) is 9.59 Å². The van der Waals surface area contributed by atoms with Crippen LogP contribution in [0.4, 0.5) is 5.69 Å². The van der Waals surface area contributed by atoms with Gasteiger partial charge in [0.2, 0.25) is 5.91 Å². The molecule has 0 spiro atoms. The van der Waals surface area contributed by atoms with Crippen LogP contribution in [0.15, 0.2) is 18.2 Å². The lowest BCUT2D eigenvalue weighted by atomic mass is 10.1. The van der Waals surface area contributed by atoms with Crippen LogP contribution in [-0.2, 0) is 11.2 Å². The van der Waals surface area contributed by atoms with Crippen molar-refractivity contribution in [1.29, 1.82) is 5.26 Å². The molecule has 0 aliphatic carbocycles. The first-order valence-corrected chi connectivity index (χ1v) is 6.75. The number of likely N-dealkylation sites (N-methyl/N-ethyl adjacent to an activating group) is 1. The van der Waals surface area contributed by atoms with Crippen LogP contribution in [0.25, 0.3) is 0 Å². The van der Waals surface area contributed by atoms with E-state index >= 15 is 0 Å². The Morgan fingerprint density at radius 2 is 2.24 bits per heavy atom. The maximum atomic E-state index is 12.1. The summed E-state index contributed by atoms with van der Waals surface area (Å²) in [6.45, 7) is 1.32. The minimum Gasteiger partial charge on any atom is -0.478 e. The van der Waals surface area contributed by atoms with Crippen LogP contribution in [0.3, 0.4) is 0 Å². The first-order valence-electron chi connectivity index (χ1n) is 6.75. The Hall–Kier alpha value is -2.55. The molecule has 0 bridgehead atoms. The molecule has 0 saturated carbocycles. The summed E-state index contributed by atoms with van der Waals surface area (Å²) in [4.78, 5) is 26.5. The van der Waals surface area contributed by atoms with Crippen LogP contribution in [0.1, 0.15) is 22.3 Å². The molecule has 1 N–H and O–H groups in total. The van der Waals surface area contributed by atoms with E-state index in [-0.39, 0.29) is 18.0 Å². The molecule has 2 rings (SSSR count). The molecular weight excluding hydrogens is 270 g/mol. The number of hydrogen-bond acceptors (Lipinski definition) is 4. The van der Waals surface area contributed by atoms with Crippen LogP contribution >= 0.6 is 0 Å². The largest absolute Gasteiger partial charge is 0.478 e. The molecule has 6 heteroatoms. The summed E-state index contributed by atoms with van der Waals surface area (Å²) < 4.78 is 0. The molecule has 6 nitrogen and oxygen atoms in total. The Morgan fingerprint density at radius 1 is 1.48 bits per heavy atom. The Bertz CT molecular complexity index is 607. The van der Waals surface area contributed by atoms with Crippen molar-refractivity contribution in [2.75, 3.05) is 31.6 Å². The number of carbonyl (C=O) groups is 2. The summed E-state index contributed by atoms with van der Waals surface area (Å²) in [5.41, 5.74) is 2.11. The zero-order valence-corrected chi connectivity index (χ0v) is 11.9. The molecule has 1 heterocycles. The fourth-order valence-electron chi connectivity index (χ4n) is 2.37. The Balaban J connectivity index is 2.08. The summed E-state index contributed by atoms with van der Waals surface area (Å²) in [5, 5.41) is 17.6. The first kappa shape index (κ1) is 14.9. The van der Waals surface area contributed by atoms with Gasteiger partial charge in [0, 0.05) is 25.8 Å². The van der Waals surface area contributed by atoms with Gasteiger partial charge in [-0.1, -0.05) is 6.07 Å². The van der Waals surface area contributed by atoms with E-state index in [1.54, 1.807) is 19.2 Å². The van der Waals surface area contributed by atoms with Gasteiger partial charge in [-0.05, 0) is 24.1 Å². The quantitative estimate of drug-likeness (QED) is 0.877. The average molecular weight is 287 g/mol. The minimum absolute atomic E-state index is 0.0705. The second-order valence-electron chi connectivity index (χ2n) is 5.04. The highest BCUT2D eigenvalue weighted by molar-refractivity contribution is 5.90. The number of benzene rings is 1. The normalized spacial score (nSPS) is 12.7. The Kier molecular flexibility index (Phi) is 4.43. The molecule has 21 heavy (non-hydrogen) atoms. The number of carboxylic acid groups (broad SMARTS) is 1. The maximum Gasteiger partial charge on any atom is 0.335 e. The SMILES string of the molecule is CN(CCC#N)C(=O)CN1CCc2ccc(C(=O)O)cc21. The van der Waals surface area contributed by atoms with Crippen molar-refractivity contribution in [2.24, 2.45) is 0 Å². The molecule has 0 atom stereocenters. The van der Waals surface area contributed by atoms with Crippen molar-refractivity contribution >= 4 is 17.6 Å². The van der Waals surface area contributed by atoms with Crippen LogP contribution in [0.5, 0.6) is 0 Å². The zero-order valence-electron chi connectivity index (χ0n) is 11.9. The molecule has 0 radical (unpaired) electrons. The highest BCUT2D eigenvalue weighted by Crippen LogP contribution is 2.28. The maximum absolute atomic E-state index is 12.1. The summed E-state index contributed by atoms with van der Waals surface area (Å²) >= 11 is 0. The van der Waals surface area contributed by atoms with Gasteiger partial charge in [0.1, 0.15) is 0 Å². The average Bonchev–Trinajstić information content (AvgIpc) is 2.86. The highest BCUT2D eigenvalue weighted by Gasteiger charge is 2.23. The van der Waals surface area contributed by atoms with Gasteiger partial charge in [-0.3, -0.25) is 4.79 Å². The Labute approximate surface area is 123 Å². The summed E-state index contributed by atoms with van der Waals surface area (Å²) in [6, 6.07) is 7.03. The van der Waals surface area contributed by atoms with Gasteiger partial charge in [0.05, 0.1) is 24.6 Å². The van der Waals surface area contributed by atoms with E-state index in [0.29, 0.717) is 19.5 Å². The van der Waals surface area contributed by atoms with Gasteiger partial charge in [-0.2, -0.15) is 5.26 Å². The second-order valence-corrected chi connectivity index (χ2v) is 5.04. The summed E-state index contributed by atoms with van der Waals surface area (Å²) in [6.07, 6.45) is 1.12.